The molecule has 1 heterocycles. The first kappa shape index (κ1) is 15.8. The van der Waals surface area contributed by atoms with E-state index in [0.717, 1.165) is 0 Å². The van der Waals surface area contributed by atoms with Crippen LogP contribution in [0.15, 0.2) is 6.07 Å². The molecule has 2 nitrogen and oxygen atoms in total. The van der Waals surface area contributed by atoms with Gasteiger partial charge < -0.3 is 10.2 Å². The van der Waals surface area contributed by atoms with E-state index in [9.17, 15) is 30.7 Å². The molecular weight excluding hydrogens is 281 g/mol. The predicted molar refractivity (Wildman–Crippen MR) is 51.2 cm³/mol. The predicted octanol–water partition coefficient (Wildman–Crippen LogP) is 3.63. The van der Waals surface area contributed by atoms with E-state index in [1.165, 1.54) is 20.8 Å². The van der Waals surface area contributed by atoms with Gasteiger partial charge in [0.1, 0.15) is 0 Å². The molecule has 1 aromatic rings. The number of aromatic nitrogens is 2. The highest BCUT2D eigenvalue weighted by molar-refractivity contribution is 5.21. The molecule has 0 fully saturated rings. The van der Waals surface area contributed by atoms with Gasteiger partial charge in [0.25, 0.3) is 0 Å². The Bertz CT molecular complexity index is 453. The molecule has 0 amide bonds. The SMILES string of the molecule is CC(C)(C)c1cc(C(F)(F)C(F)(F)C(F)(F)F)n[n-]1. The van der Waals surface area contributed by atoms with Crippen LogP contribution in [0.4, 0.5) is 30.7 Å². The first-order valence-corrected chi connectivity index (χ1v) is 5.05. The average Bonchev–Trinajstić information content (AvgIpc) is 2.63. The summed E-state index contributed by atoms with van der Waals surface area (Å²) in [5, 5.41) is 5.97. The standard InChI is InChI=1S/C10H10F7N2/c1-7(2,3)5-4-6(19-18-5)8(11,12)9(13,14)10(15,16)17/h4H,1-3H3/q-1. The second-order valence-electron chi connectivity index (χ2n) is 5.01. The van der Waals surface area contributed by atoms with E-state index in [0.29, 0.717) is 6.07 Å². The van der Waals surface area contributed by atoms with Crippen LogP contribution in [0, 0.1) is 0 Å². The molecule has 0 aliphatic carbocycles. The molecule has 0 aliphatic heterocycles. The van der Waals surface area contributed by atoms with E-state index in [4.69, 9.17) is 0 Å². The first-order valence-electron chi connectivity index (χ1n) is 5.05. The first-order chi connectivity index (χ1) is 8.21. The molecule has 0 N–H and O–H groups in total. The van der Waals surface area contributed by atoms with E-state index in [1.54, 1.807) is 0 Å². The second-order valence-corrected chi connectivity index (χ2v) is 5.01. The summed E-state index contributed by atoms with van der Waals surface area (Å²) in [5.74, 6) is -11.7. The lowest BCUT2D eigenvalue weighted by Gasteiger charge is -2.27. The van der Waals surface area contributed by atoms with E-state index < -0.39 is 29.1 Å². The Labute approximate surface area is 104 Å². The highest BCUT2D eigenvalue weighted by atomic mass is 19.4. The molecule has 19 heavy (non-hydrogen) atoms. The van der Waals surface area contributed by atoms with Crippen molar-refractivity contribution in [1.29, 1.82) is 0 Å². The van der Waals surface area contributed by atoms with Crippen molar-refractivity contribution < 1.29 is 30.7 Å². The molecule has 1 aromatic heterocycles. The molecule has 0 bridgehead atoms. The molecule has 110 valence electrons. The van der Waals surface area contributed by atoms with Gasteiger partial charge in [0.2, 0.25) is 0 Å². The van der Waals surface area contributed by atoms with Crippen molar-refractivity contribution in [3.05, 3.63) is 17.5 Å². The summed E-state index contributed by atoms with van der Waals surface area (Å²) in [7, 11) is 0. The molecule has 0 spiro atoms. The van der Waals surface area contributed by atoms with Crippen LogP contribution in [0.2, 0.25) is 0 Å². The van der Waals surface area contributed by atoms with Gasteiger partial charge in [0, 0.05) is 0 Å². The van der Waals surface area contributed by atoms with Gasteiger partial charge in [-0.15, -0.1) is 5.69 Å². The van der Waals surface area contributed by atoms with Crippen LogP contribution >= 0.6 is 0 Å². The van der Waals surface area contributed by atoms with Gasteiger partial charge in [-0.25, -0.2) is 0 Å². The fourth-order valence-electron chi connectivity index (χ4n) is 1.15. The summed E-state index contributed by atoms with van der Waals surface area (Å²) in [5.41, 5.74) is -2.59. The minimum Gasteiger partial charge on any atom is -0.578 e. The Morgan fingerprint density at radius 1 is 0.947 bits per heavy atom. The number of alkyl halides is 7. The van der Waals surface area contributed by atoms with Crippen molar-refractivity contribution in [3.8, 4) is 0 Å². The van der Waals surface area contributed by atoms with Gasteiger partial charge in [0.05, 0.1) is 5.69 Å². The molecule has 0 saturated heterocycles. The number of nitrogens with zero attached hydrogens (tertiary/aromatic N) is 2. The smallest absolute Gasteiger partial charge is 0.460 e. The van der Waals surface area contributed by atoms with Crippen molar-refractivity contribution in [3.63, 3.8) is 0 Å². The summed E-state index contributed by atoms with van der Waals surface area (Å²) < 4.78 is 88.0. The van der Waals surface area contributed by atoms with Crippen molar-refractivity contribution in [1.82, 2.24) is 10.2 Å². The Morgan fingerprint density at radius 3 is 1.74 bits per heavy atom. The minimum atomic E-state index is -6.38. The lowest BCUT2D eigenvalue weighted by Crippen LogP contribution is -2.50. The van der Waals surface area contributed by atoms with Crippen LogP contribution in [0.5, 0.6) is 0 Å². The highest BCUT2D eigenvalue weighted by Crippen LogP contribution is 2.51. The lowest BCUT2D eigenvalue weighted by molar-refractivity contribution is -0.360. The van der Waals surface area contributed by atoms with Crippen molar-refractivity contribution in [2.24, 2.45) is 0 Å². The van der Waals surface area contributed by atoms with E-state index in [-0.39, 0.29) is 5.69 Å². The molecule has 0 aliphatic rings. The van der Waals surface area contributed by atoms with Gasteiger partial charge in [-0.2, -0.15) is 30.7 Å². The topological polar surface area (TPSA) is 27.0 Å². The Balaban J connectivity index is 3.25. The number of hydrogen-bond acceptors (Lipinski definition) is 1. The zero-order valence-corrected chi connectivity index (χ0v) is 10.1. The summed E-state index contributed by atoms with van der Waals surface area (Å²) >= 11 is 0. The van der Waals surface area contributed by atoms with Crippen molar-refractivity contribution in [2.45, 2.75) is 44.2 Å². The third-order valence-electron chi connectivity index (χ3n) is 2.38. The largest absolute Gasteiger partial charge is 0.578 e. The summed E-state index contributed by atoms with van der Waals surface area (Å²) in [6.07, 6.45) is -6.38. The van der Waals surface area contributed by atoms with Gasteiger partial charge in [-0.3, -0.25) is 0 Å². The Hall–Kier alpha value is -1.28. The molecule has 1 rings (SSSR count). The molecule has 9 heteroatoms. The normalized spacial score (nSPS) is 14.8. The maximum atomic E-state index is 13.3. The lowest BCUT2D eigenvalue weighted by atomic mass is 9.91. The van der Waals surface area contributed by atoms with Crippen LogP contribution in [-0.4, -0.2) is 17.2 Å². The zero-order valence-electron chi connectivity index (χ0n) is 10.1. The van der Waals surface area contributed by atoms with Crippen LogP contribution in [0.1, 0.15) is 32.2 Å². The highest BCUT2D eigenvalue weighted by Gasteiger charge is 2.74. The van der Waals surface area contributed by atoms with Crippen molar-refractivity contribution in [2.75, 3.05) is 0 Å². The van der Waals surface area contributed by atoms with Gasteiger partial charge >= 0.3 is 18.0 Å². The fourth-order valence-corrected chi connectivity index (χ4v) is 1.15. The van der Waals surface area contributed by atoms with E-state index >= 15 is 0 Å². The van der Waals surface area contributed by atoms with Crippen LogP contribution < -0.4 is 5.10 Å². The third-order valence-corrected chi connectivity index (χ3v) is 2.38. The quantitative estimate of drug-likeness (QED) is 0.778. The van der Waals surface area contributed by atoms with Crippen LogP contribution in [-0.2, 0) is 11.3 Å². The maximum Gasteiger partial charge on any atom is 0.460 e. The van der Waals surface area contributed by atoms with Crippen LogP contribution in [0.25, 0.3) is 0 Å². The molecule has 0 radical (unpaired) electrons. The number of rotatable bonds is 2. The molecule has 0 atom stereocenters. The number of hydrogen-bond donors (Lipinski definition) is 0. The van der Waals surface area contributed by atoms with Gasteiger partial charge in [0.15, 0.2) is 0 Å². The maximum absolute atomic E-state index is 13.3. The summed E-state index contributed by atoms with van der Waals surface area (Å²) in [6.45, 7) is 4.59. The summed E-state index contributed by atoms with van der Waals surface area (Å²) in [4.78, 5) is 0. The fraction of sp³-hybridized carbons (Fsp3) is 0.700. The molecule has 0 aromatic carbocycles. The van der Waals surface area contributed by atoms with E-state index in [2.05, 4.69) is 10.2 Å². The van der Waals surface area contributed by atoms with Crippen molar-refractivity contribution >= 4 is 0 Å². The van der Waals surface area contributed by atoms with E-state index in [1.807, 2.05) is 0 Å². The second kappa shape index (κ2) is 4.11. The Morgan fingerprint density at radius 2 is 1.42 bits per heavy atom. The third kappa shape index (κ3) is 2.55. The Kier molecular flexibility index (Phi) is 3.41. The summed E-state index contributed by atoms with van der Waals surface area (Å²) in [6, 6.07) is 0.458. The number of halogens is 7. The molecule has 0 saturated carbocycles. The minimum absolute atomic E-state index is 0.0971. The molecular formula is C10H10F7N2-. The zero-order chi connectivity index (χ0) is 15.3. The van der Waals surface area contributed by atoms with Gasteiger partial charge in [-0.05, 0) is 5.41 Å². The van der Waals surface area contributed by atoms with Crippen LogP contribution in [0.3, 0.4) is 0 Å². The molecule has 0 unspecified atom stereocenters. The van der Waals surface area contributed by atoms with Gasteiger partial charge in [-0.1, -0.05) is 26.8 Å². The average molecular weight is 291 g/mol. The monoisotopic (exact) mass is 291 g/mol.